The summed E-state index contributed by atoms with van der Waals surface area (Å²) >= 11 is 0. The highest BCUT2D eigenvalue weighted by molar-refractivity contribution is 5.44. The van der Waals surface area contributed by atoms with Crippen molar-refractivity contribution in [3.63, 3.8) is 0 Å². The summed E-state index contributed by atoms with van der Waals surface area (Å²) in [4.78, 5) is 17.2. The zero-order valence-corrected chi connectivity index (χ0v) is 13.9. The summed E-state index contributed by atoms with van der Waals surface area (Å²) in [7, 11) is 0. The van der Waals surface area contributed by atoms with Gasteiger partial charge in [0, 0.05) is 39.0 Å². The molecule has 0 aliphatic carbocycles. The number of hydrogen-bond acceptors (Lipinski definition) is 8. The summed E-state index contributed by atoms with van der Waals surface area (Å²) in [6.45, 7) is 11.6. The van der Waals surface area contributed by atoms with Gasteiger partial charge in [0.25, 0.3) is 0 Å². The number of ether oxygens (including phenoxy) is 2. The van der Waals surface area contributed by atoms with Gasteiger partial charge >= 0.3 is 0 Å². The van der Waals surface area contributed by atoms with Crippen molar-refractivity contribution in [2.45, 2.75) is 18.6 Å². The number of nitrogens with two attached hydrogens (primary N) is 1. The third kappa shape index (κ3) is 3.49. The Balaban J connectivity index is 1.76. The lowest BCUT2D eigenvalue weighted by atomic mass is 10.0. The Morgan fingerprint density at radius 1 is 1.08 bits per heavy atom. The molecule has 2 fully saturated rings. The van der Waals surface area contributed by atoms with Gasteiger partial charge in [-0.25, -0.2) is 0 Å². The highest BCUT2D eigenvalue weighted by atomic mass is 16.7. The first-order valence-electron chi connectivity index (χ1n) is 8.17. The van der Waals surface area contributed by atoms with E-state index in [1.807, 2.05) is 4.90 Å². The molecule has 3 heterocycles. The van der Waals surface area contributed by atoms with E-state index in [1.54, 1.807) is 12.2 Å². The highest BCUT2D eigenvalue weighted by Gasteiger charge is 2.40. The van der Waals surface area contributed by atoms with Crippen LogP contribution in [0.3, 0.4) is 0 Å². The molecule has 2 saturated heterocycles. The van der Waals surface area contributed by atoms with E-state index in [4.69, 9.17) is 15.2 Å². The molecule has 2 aliphatic rings. The van der Waals surface area contributed by atoms with Gasteiger partial charge in [0.1, 0.15) is 0 Å². The molecule has 8 nitrogen and oxygen atoms in total. The third-order valence-corrected chi connectivity index (χ3v) is 4.23. The summed E-state index contributed by atoms with van der Waals surface area (Å²) < 4.78 is 11.5. The fourth-order valence-electron chi connectivity index (χ4n) is 3.03. The molecule has 0 atom stereocenters. The molecular weight excluding hydrogens is 308 g/mol. The lowest BCUT2D eigenvalue weighted by Crippen LogP contribution is -2.46. The molecule has 1 spiro atoms. The van der Waals surface area contributed by atoms with Crippen molar-refractivity contribution >= 4 is 17.8 Å². The number of nitrogens with zero attached hydrogens (tertiary/aromatic N) is 5. The van der Waals surface area contributed by atoms with Gasteiger partial charge < -0.3 is 25.0 Å². The molecule has 0 aromatic carbocycles. The molecule has 130 valence electrons. The first-order valence-corrected chi connectivity index (χ1v) is 8.17. The molecule has 1 aromatic heterocycles. The van der Waals surface area contributed by atoms with E-state index in [-0.39, 0.29) is 5.95 Å². The number of hydrogen-bond donors (Lipinski definition) is 1. The number of anilines is 3. The van der Waals surface area contributed by atoms with Crippen LogP contribution < -0.4 is 15.5 Å². The summed E-state index contributed by atoms with van der Waals surface area (Å²) in [5.41, 5.74) is 5.90. The quantitative estimate of drug-likeness (QED) is 0.771. The van der Waals surface area contributed by atoms with E-state index >= 15 is 0 Å². The molecule has 24 heavy (non-hydrogen) atoms. The van der Waals surface area contributed by atoms with Crippen molar-refractivity contribution in [3.8, 4) is 0 Å². The van der Waals surface area contributed by atoms with Gasteiger partial charge in [-0.05, 0) is 0 Å². The van der Waals surface area contributed by atoms with Gasteiger partial charge in [0.15, 0.2) is 5.79 Å². The van der Waals surface area contributed by atoms with E-state index in [0.717, 1.165) is 25.9 Å². The minimum atomic E-state index is -0.421. The lowest BCUT2D eigenvalue weighted by Gasteiger charge is -2.37. The Kier molecular flexibility index (Phi) is 4.96. The number of rotatable bonds is 6. The van der Waals surface area contributed by atoms with E-state index < -0.39 is 5.79 Å². The standard InChI is InChI=1S/C16H24N6O2/c1-3-7-21(8-4-2)14-18-13(17)19-15(20-14)22-9-5-16(6-10-22)23-11-12-24-16/h3-4H,1-2,5-12H2,(H2,17,18,19,20). The molecule has 3 rings (SSSR count). The van der Waals surface area contributed by atoms with Crippen LogP contribution in [-0.4, -0.2) is 60.1 Å². The van der Waals surface area contributed by atoms with Crippen molar-refractivity contribution in [2.75, 3.05) is 54.9 Å². The Morgan fingerprint density at radius 3 is 2.29 bits per heavy atom. The first-order chi connectivity index (χ1) is 11.7. The molecule has 1 aromatic rings. The van der Waals surface area contributed by atoms with Crippen LogP contribution in [0.2, 0.25) is 0 Å². The van der Waals surface area contributed by atoms with Gasteiger partial charge in [-0.1, -0.05) is 12.2 Å². The molecular formula is C16H24N6O2. The Labute approximate surface area is 142 Å². The summed E-state index contributed by atoms with van der Waals surface area (Å²) in [6, 6.07) is 0. The summed E-state index contributed by atoms with van der Waals surface area (Å²) in [5.74, 6) is 0.909. The fraction of sp³-hybridized carbons (Fsp3) is 0.562. The van der Waals surface area contributed by atoms with Gasteiger partial charge in [0.05, 0.1) is 13.2 Å². The van der Waals surface area contributed by atoms with Crippen LogP contribution in [0.5, 0.6) is 0 Å². The first kappa shape index (κ1) is 16.7. The van der Waals surface area contributed by atoms with E-state index in [9.17, 15) is 0 Å². The van der Waals surface area contributed by atoms with Crippen LogP contribution in [0.15, 0.2) is 25.3 Å². The summed E-state index contributed by atoms with van der Waals surface area (Å²) in [5, 5.41) is 0. The average Bonchev–Trinajstić information content (AvgIpc) is 3.03. The predicted molar refractivity (Wildman–Crippen MR) is 92.9 cm³/mol. The second-order valence-electron chi connectivity index (χ2n) is 5.87. The van der Waals surface area contributed by atoms with Crippen molar-refractivity contribution in [2.24, 2.45) is 0 Å². The third-order valence-electron chi connectivity index (χ3n) is 4.23. The second kappa shape index (κ2) is 7.14. The van der Waals surface area contributed by atoms with E-state index in [1.165, 1.54) is 0 Å². The normalized spacial score (nSPS) is 19.4. The summed E-state index contributed by atoms with van der Waals surface area (Å²) in [6.07, 6.45) is 5.17. The van der Waals surface area contributed by atoms with Gasteiger partial charge in [-0.2, -0.15) is 15.0 Å². The molecule has 8 heteroatoms. The Morgan fingerprint density at radius 2 is 1.71 bits per heavy atom. The predicted octanol–water partition coefficient (Wildman–Crippen LogP) is 0.976. The largest absolute Gasteiger partial charge is 0.368 e. The van der Waals surface area contributed by atoms with Crippen LogP contribution in [0.25, 0.3) is 0 Å². The van der Waals surface area contributed by atoms with Crippen LogP contribution >= 0.6 is 0 Å². The molecule has 0 bridgehead atoms. The average molecular weight is 332 g/mol. The maximum Gasteiger partial charge on any atom is 0.232 e. The molecule has 0 unspecified atom stereocenters. The molecule has 2 aliphatic heterocycles. The minimum Gasteiger partial charge on any atom is -0.368 e. The number of aromatic nitrogens is 3. The van der Waals surface area contributed by atoms with Crippen LogP contribution in [0.4, 0.5) is 17.8 Å². The fourth-order valence-corrected chi connectivity index (χ4v) is 3.03. The Bertz CT molecular complexity index is 582. The monoisotopic (exact) mass is 332 g/mol. The molecule has 0 saturated carbocycles. The zero-order chi connectivity index (χ0) is 17.0. The van der Waals surface area contributed by atoms with Crippen molar-refractivity contribution in [1.29, 1.82) is 0 Å². The van der Waals surface area contributed by atoms with Crippen molar-refractivity contribution in [3.05, 3.63) is 25.3 Å². The Hall–Kier alpha value is -2.19. The van der Waals surface area contributed by atoms with Gasteiger partial charge in [-0.15, -0.1) is 13.2 Å². The molecule has 0 amide bonds. The highest BCUT2D eigenvalue weighted by Crippen LogP contribution is 2.32. The lowest BCUT2D eigenvalue weighted by molar-refractivity contribution is -0.169. The SMILES string of the molecule is C=CCN(CC=C)c1nc(N)nc(N2CCC3(CC2)OCCO3)n1. The van der Waals surface area contributed by atoms with Gasteiger partial charge in [-0.3, -0.25) is 0 Å². The van der Waals surface area contributed by atoms with Crippen LogP contribution in [0, 0.1) is 0 Å². The number of nitrogen functional groups attached to an aromatic ring is 1. The van der Waals surface area contributed by atoms with Crippen LogP contribution in [0.1, 0.15) is 12.8 Å². The molecule has 0 radical (unpaired) electrons. The zero-order valence-electron chi connectivity index (χ0n) is 13.9. The van der Waals surface area contributed by atoms with E-state index in [2.05, 4.69) is 33.0 Å². The van der Waals surface area contributed by atoms with E-state index in [0.29, 0.717) is 38.2 Å². The molecule has 2 N–H and O–H groups in total. The number of piperidine rings is 1. The maximum atomic E-state index is 5.90. The van der Waals surface area contributed by atoms with Crippen molar-refractivity contribution < 1.29 is 9.47 Å². The van der Waals surface area contributed by atoms with Gasteiger partial charge in [0.2, 0.25) is 17.8 Å². The second-order valence-corrected chi connectivity index (χ2v) is 5.87. The minimum absolute atomic E-state index is 0.210. The van der Waals surface area contributed by atoms with Crippen LogP contribution in [-0.2, 0) is 9.47 Å². The van der Waals surface area contributed by atoms with Crippen molar-refractivity contribution in [1.82, 2.24) is 15.0 Å². The maximum absolute atomic E-state index is 5.90. The smallest absolute Gasteiger partial charge is 0.232 e. The topological polar surface area (TPSA) is 89.6 Å².